The molecule has 6 heteroatoms. The van der Waals surface area contributed by atoms with Crippen molar-refractivity contribution in [2.75, 3.05) is 5.32 Å². The molecule has 1 aromatic rings. The van der Waals surface area contributed by atoms with E-state index in [0.29, 0.717) is 17.0 Å². The topological polar surface area (TPSA) is 79.2 Å². The Bertz CT molecular complexity index is 760. The highest BCUT2D eigenvalue weighted by atomic mass is 32.1. The fourth-order valence-corrected chi connectivity index (χ4v) is 4.78. The number of nitrogens with zero attached hydrogens (tertiary/aromatic N) is 1. The van der Waals surface area contributed by atoms with Gasteiger partial charge in [-0.25, -0.2) is 0 Å². The maximum atomic E-state index is 12.4. The second kappa shape index (κ2) is 8.50. The molecule has 0 saturated carbocycles. The van der Waals surface area contributed by atoms with E-state index >= 15 is 0 Å². The summed E-state index contributed by atoms with van der Waals surface area (Å²) in [6, 6.07) is 2.25. The van der Waals surface area contributed by atoms with Crippen molar-refractivity contribution < 1.29 is 14.3 Å². The number of aryl methyl sites for hydroxylation is 1. The average molecular weight is 372 g/mol. The second-order valence-electron chi connectivity index (χ2n) is 6.97. The molecule has 3 rings (SSSR count). The zero-order chi connectivity index (χ0) is 18.5. The molecule has 0 bridgehead atoms. The number of hydrogen-bond acceptors (Lipinski definition) is 5. The number of carbonyl (C=O) groups excluding carboxylic acids is 2. The van der Waals surface area contributed by atoms with Crippen molar-refractivity contribution in [2.45, 2.75) is 64.4 Å². The van der Waals surface area contributed by atoms with Crippen molar-refractivity contribution in [1.82, 2.24) is 0 Å². The molecule has 0 radical (unpaired) electrons. The van der Waals surface area contributed by atoms with E-state index in [4.69, 9.17) is 4.74 Å². The molecule has 1 aromatic heterocycles. The minimum absolute atomic E-state index is 0.218. The van der Waals surface area contributed by atoms with Crippen molar-refractivity contribution >= 4 is 28.2 Å². The number of nitrogens with one attached hydrogen (secondary N) is 1. The summed E-state index contributed by atoms with van der Waals surface area (Å²) < 4.78 is 5.28. The van der Waals surface area contributed by atoms with E-state index in [0.717, 1.165) is 44.1 Å². The number of allylic oxidation sites excluding steroid dienone is 2. The summed E-state index contributed by atoms with van der Waals surface area (Å²) in [6.45, 7) is 1.57. The van der Waals surface area contributed by atoms with Crippen LogP contribution in [0, 0.1) is 17.2 Å². The number of anilines is 1. The van der Waals surface area contributed by atoms with Gasteiger partial charge >= 0.3 is 5.97 Å². The van der Waals surface area contributed by atoms with Crippen molar-refractivity contribution in [3.05, 3.63) is 28.2 Å². The first kappa shape index (κ1) is 18.7. The monoisotopic (exact) mass is 372 g/mol. The molecule has 0 spiro atoms. The number of fused-ring (bicyclic) bond motifs is 1. The Morgan fingerprint density at radius 2 is 2.19 bits per heavy atom. The highest BCUT2D eigenvalue weighted by Gasteiger charge is 2.25. The average Bonchev–Trinajstić information content (AvgIpc) is 3.16. The minimum Gasteiger partial charge on any atom is -0.453 e. The largest absolute Gasteiger partial charge is 0.453 e. The maximum absolute atomic E-state index is 12.4. The summed E-state index contributed by atoms with van der Waals surface area (Å²) in [6.07, 6.45) is 10.7. The van der Waals surface area contributed by atoms with Gasteiger partial charge in [0.1, 0.15) is 11.1 Å². The molecule has 26 heavy (non-hydrogen) atoms. The smallest absolute Gasteiger partial charge is 0.307 e. The van der Waals surface area contributed by atoms with Crippen molar-refractivity contribution in [1.29, 1.82) is 5.26 Å². The van der Waals surface area contributed by atoms with Crippen LogP contribution in [0.3, 0.4) is 0 Å². The van der Waals surface area contributed by atoms with Gasteiger partial charge in [-0.15, -0.1) is 11.3 Å². The maximum Gasteiger partial charge on any atom is 0.307 e. The minimum atomic E-state index is -0.874. The lowest BCUT2D eigenvalue weighted by Crippen LogP contribution is -2.30. The molecule has 0 aliphatic heterocycles. The molecule has 5 nitrogen and oxygen atoms in total. The molecule has 2 aliphatic carbocycles. The van der Waals surface area contributed by atoms with Crippen LogP contribution in [0.15, 0.2) is 12.2 Å². The lowest BCUT2D eigenvalue weighted by molar-refractivity contribution is -0.153. The lowest BCUT2D eigenvalue weighted by atomic mass is 10.1. The summed E-state index contributed by atoms with van der Waals surface area (Å²) in [4.78, 5) is 25.6. The van der Waals surface area contributed by atoms with Gasteiger partial charge in [-0.1, -0.05) is 18.6 Å². The molecule has 1 heterocycles. The molecule has 2 atom stereocenters. The van der Waals surface area contributed by atoms with Crippen LogP contribution in [-0.2, 0) is 27.2 Å². The van der Waals surface area contributed by atoms with Gasteiger partial charge in [0.15, 0.2) is 6.10 Å². The first-order chi connectivity index (χ1) is 12.6. The molecule has 1 N–H and O–H groups in total. The Hall–Kier alpha value is -2.13. The molecule has 0 saturated heterocycles. The standard InChI is InChI=1S/C20H24N2O3S/c1-13(25-18(23)11-14-7-5-6-8-14)19(24)22-20-16(12-21)15-9-3-2-4-10-17(15)26-20/h5,7,13-14H,2-4,6,8-11H2,1H3,(H,22,24)/t13-,14+/m1/s1. The molecule has 0 fully saturated rings. The SMILES string of the molecule is C[C@@H](OC(=O)C[C@H]1C=CCC1)C(=O)Nc1sc2c(c1C#N)CCCCC2. The lowest BCUT2D eigenvalue weighted by Gasteiger charge is -2.14. The number of nitriles is 1. The summed E-state index contributed by atoms with van der Waals surface area (Å²) in [7, 11) is 0. The Balaban J connectivity index is 1.61. The van der Waals surface area contributed by atoms with Crippen LogP contribution in [0.25, 0.3) is 0 Å². The molecule has 138 valence electrons. The summed E-state index contributed by atoms with van der Waals surface area (Å²) in [5.41, 5.74) is 1.66. The van der Waals surface area contributed by atoms with E-state index < -0.39 is 6.10 Å². The van der Waals surface area contributed by atoms with Crippen molar-refractivity contribution in [3.63, 3.8) is 0 Å². The first-order valence-corrected chi connectivity index (χ1v) is 10.1. The summed E-state index contributed by atoms with van der Waals surface area (Å²) in [5, 5.41) is 12.9. The highest BCUT2D eigenvalue weighted by Crippen LogP contribution is 2.37. The van der Waals surface area contributed by atoms with Crippen LogP contribution in [0.2, 0.25) is 0 Å². The van der Waals surface area contributed by atoms with Gasteiger partial charge in [-0.05, 0) is 56.9 Å². The third-order valence-corrected chi connectivity index (χ3v) is 6.20. The third-order valence-electron chi connectivity index (χ3n) is 4.99. The van der Waals surface area contributed by atoms with E-state index in [1.165, 1.54) is 22.6 Å². The fraction of sp³-hybridized carbons (Fsp3) is 0.550. The Labute approximate surface area is 158 Å². The van der Waals surface area contributed by atoms with Crippen LogP contribution < -0.4 is 5.32 Å². The van der Waals surface area contributed by atoms with E-state index in [2.05, 4.69) is 17.5 Å². The van der Waals surface area contributed by atoms with Gasteiger partial charge in [-0.3, -0.25) is 9.59 Å². The Morgan fingerprint density at radius 1 is 1.38 bits per heavy atom. The number of carbonyl (C=O) groups is 2. The van der Waals surface area contributed by atoms with Crippen LogP contribution in [0.1, 0.15) is 61.5 Å². The fourth-order valence-electron chi connectivity index (χ4n) is 3.54. The predicted molar refractivity (Wildman–Crippen MR) is 101 cm³/mol. The number of esters is 1. The Morgan fingerprint density at radius 3 is 2.92 bits per heavy atom. The van der Waals surface area contributed by atoms with Gasteiger partial charge < -0.3 is 10.1 Å². The van der Waals surface area contributed by atoms with Gasteiger partial charge in [0.25, 0.3) is 5.91 Å². The molecule has 2 aliphatic rings. The predicted octanol–water partition coefficient (Wildman–Crippen LogP) is 4.12. The third kappa shape index (κ3) is 4.34. The van der Waals surface area contributed by atoms with E-state index in [1.54, 1.807) is 6.92 Å². The summed E-state index contributed by atoms with van der Waals surface area (Å²) >= 11 is 1.49. The molecule has 0 unspecified atom stereocenters. The number of ether oxygens (including phenoxy) is 1. The summed E-state index contributed by atoms with van der Waals surface area (Å²) in [5.74, 6) is -0.518. The second-order valence-corrected chi connectivity index (χ2v) is 8.08. The molecule has 1 amide bonds. The van der Waals surface area contributed by atoms with Crippen LogP contribution in [-0.4, -0.2) is 18.0 Å². The normalized spacial score (nSPS) is 19.9. The van der Waals surface area contributed by atoms with Gasteiger partial charge in [0, 0.05) is 4.88 Å². The zero-order valence-corrected chi connectivity index (χ0v) is 15.9. The number of thiophene rings is 1. The van der Waals surface area contributed by atoms with Crippen LogP contribution >= 0.6 is 11.3 Å². The molecular formula is C20H24N2O3S. The van der Waals surface area contributed by atoms with Crippen molar-refractivity contribution in [3.8, 4) is 6.07 Å². The van der Waals surface area contributed by atoms with Crippen LogP contribution in [0.5, 0.6) is 0 Å². The highest BCUT2D eigenvalue weighted by molar-refractivity contribution is 7.16. The Kier molecular flexibility index (Phi) is 6.10. The quantitative estimate of drug-likeness (QED) is 0.479. The van der Waals surface area contributed by atoms with Gasteiger partial charge in [0.05, 0.1) is 12.0 Å². The van der Waals surface area contributed by atoms with Crippen molar-refractivity contribution in [2.24, 2.45) is 5.92 Å². The molecule has 0 aromatic carbocycles. The molecular weight excluding hydrogens is 348 g/mol. The van der Waals surface area contributed by atoms with E-state index in [1.807, 2.05) is 6.08 Å². The number of hydrogen-bond donors (Lipinski definition) is 1. The number of rotatable bonds is 5. The van der Waals surface area contributed by atoms with Gasteiger partial charge in [0.2, 0.25) is 0 Å². The van der Waals surface area contributed by atoms with Gasteiger partial charge in [-0.2, -0.15) is 5.26 Å². The number of amides is 1. The zero-order valence-electron chi connectivity index (χ0n) is 15.0. The van der Waals surface area contributed by atoms with E-state index in [-0.39, 0.29) is 17.8 Å². The first-order valence-electron chi connectivity index (χ1n) is 9.30. The van der Waals surface area contributed by atoms with E-state index in [9.17, 15) is 14.9 Å². The van der Waals surface area contributed by atoms with Crippen LogP contribution in [0.4, 0.5) is 5.00 Å².